The quantitative estimate of drug-likeness (QED) is 0.359. The summed E-state index contributed by atoms with van der Waals surface area (Å²) in [4.78, 5) is 4.86. The van der Waals surface area contributed by atoms with Gasteiger partial charge < -0.3 is 10.6 Å². The summed E-state index contributed by atoms with van der Waals surface area (Å²) in [7, 11) is -3.22. The van der Waals surface area contributed by atoms with Crippen LogP contribution >= 0.6 is 24.0 Å². The van der Waals surface area contributed by atoms with Crippen molar-refractivity contribution in [3.05, 3.63) is 65.0 Å². The minimum Gasteiger partial charge on any atom is -0.357 e. The summed E-state index contributed by atoms with van der Waals surface area (Å²) in [6, 6.07) is 11.5. The molecule has 0 aromatic heterocycles. The number of rotatable bonds is 6. The van der Waals surface area contributed by atoms with Gasteiger partial charge in [0.2, 0.25) is 0 Å². The number of benzene rings is 2. The minimum absolute atomic E-state index is 0. The fourth-order valence-electron chi connectivity index (χ4n) is 2.53. The highest BCUT2D eigenvalue weighted by molar-refractivity contribution is 14.0. The van der Waals surface area contributed by atoms with Crippen molar-refractivity contribution in [2.24, 2.45) is 4.99 Å². The highest BCUT2D eigenvalue weighted by Gasteiger charge is 2.10. The van der Waals surface area contributed by atoms with Crippen LogP contribution in [0.1, 0.15) is 23.6 Å². The molecular formula is C19H25FIN3O2S. The highest BCUT2D eigenvalue weighted by atomic mass is 127. The lowest BCUT2D eigenvalue weighted by molar-refractivity contribution is 0.601. The zero-order chi connectivity index (χ0) is 19.2. The van der Waals surface area contributed by atoms with Gasteiger partial charge in [-0.2, -0.15) is 0 Å². The van der Waals surface area contributed by atoms with E-state index in [4.69, 9.17) is 0 Å². The molecule has 0 amide bonds. The molecule has 0 bridgehead atoms. The van der Waals surface area contributed by atoms with Crippen LogP contribution in [0.3, 0.4) is 0 Å². The first-order valence-corrected chi connectivity index (χ1v) is 10.2. The van der Waals surface area contributed by atoms with Crippen LogP contribution in [0.2, 0.25) is 0 Å². The van der Waals surface area contributed by atoms with E-state index in [0.717, 1.165) is 11.1 Å². The third kappa shape index (κ3) is 7.45. The second-order valence-corrected chi connectivity index (χ2v) is 8.03. The van der Waals surface area contributed by atoms with E-state index in [1.807, 2.05) is 13.0 Å². The van der Waals surface area contributed by atoms with Crippen LogP contribution in [0, 0.1) is 12.7 Å². The minimum atomic E-state index is -3.22. The molecule has 0 aliphatic rings. The maximum absolute atomic E-state index is 13.0. The van der Waals surface area contributed by atoms with Crippen LogP contribution < -0.4 is 10.6 Å². The molecule has 0 heterocycles. The van der Waals surface area contributed by atoms with E-state index in [-0.39, 0.29) is 29.8 Å². The van der Waals surface area contributed by atoms with Crippen LogP contribution in [0.25, 0.3) is 0 Å². The lowest BCUT2D eigenvalue weighted by Gasteiger charge is -2.12. The standard InChI is InChI=1S/C19H24FN3O2S.HI/c1-4-21-19(22-12-15-5-8-17(20)9-6-15)23-13-16-7-10-18(14(2)11-16)26(3,24)25;/h5-11H,4,12-13H2,1-3H3,(H2,21,22,23);1H. The number of nitrogens with one attached hydrogen (secondary N) is 2. The van der Waals surface area contributed by atoms with Crippen molar-refractivity contribution in [3.63, 3.8) is 0 Å². The molecule has 0 fully saturated rings. The van der Waals surface area contributed by atoms with Crippen LogP contribution in [-0.2, 0) is 22.9 Å². The number of hydrogen-bond acceptors (Lipinski definition) is 3. The molecule has 0 unspecified atom stereocenters. The van der Waals surface area contributed by atoms with Crippen LogP contribution in [0.5, 0.6) is 0 Å². The topological polar surface area (TPSA) is 70.6 Å². The number of nitrogens with zero attached hydrogens (tertiary/aromatic N) is 1. The maximum Gasteiger partial charge on any atom is 0.191 e. The summed E-state index contributed by atoms with van der Waals surface area (Å²) >= 11 is 0. The Morgan fingerprint density at radius 1 is 1.07 bits per heavy atom. The lowest BCUT2D eigenvalue weighted by atomic mass is 10.1. The Hall–Kier alpha value is -1.68. The molecule has 5 nitrogen and oxygen atoms in total. The zero-order valence-corrected chi connectivity index (χ0v) is 18.8. The maximum atomic E-state index is 13.0. The molecule has 2 aromatic rings. The predicted octanol–water partition coefficient (Wildman–Crippen LogP) is 3.41. The van der Waals surface area contributed by atoms with Crippen LogP contribution in [0.15, 0.2) is 52.4 Å². The second-order valence-electron chi connectivity index (χ2n) is 6.05. The molecule has 0 saturated carbocycles. The molecule has 2 N–H and O–H groups in total. The molecule has 27 heavy (non-hydrogen) atoms. The normalized spacial score (nSPS) is 11.6. The Morgan fingerprint density at radius 2 is 1.70 bits per heavy atom. The fraction of sp³-hybridized carbons (Fsp3) is 0.316. The molecule has 2 rings (SSSR count). The number of halogens is 2. The second kappa shape index (κ2) is 10.6. The summed E-state index contributed by atoms with van der Waals surface area (Å²) in [6.45, 7) is 5.41. The van der Waals surface area contributed by atoms with E-state index < -0.39 is 9.84 Å². The van der Waals surface area contributed by atoms with Crippen molar-refractivity contribution in [1.82, 2.24) is 10.6 Å². The average molecular weight is 505 g/mol. The third-order valence-electron chi connectivity index (χ3n) is 3.78. The van der Waals surface area contributed by atoms with Gasteiger partial charge in [0.05, 0.1) is 11.4 Å². The van der Waals surface area contributed by atoms with Crippen molar-refractivity contribution in [3.8, 4) is 0 Å². The Morgan fingerprint density at radius 3 is 2.26 bits per heavy atom. The molecule has 148 valence electrons. The van der Waals surface area contributed by atoms with E-state index >= 15 is 0 Å². The molecule has 0 aliphatic heterocycles. The number of aliphatic imine (C=N–C) groups is 1. The highest BCUT2D eigenvalue weighted by Crippen LogP contribution is 2.17. The van der Waals surface area contributed by atoms with Gasteiger partial charge in [0.15, 0.2) is 15.8 Å². The van der Waals surface area contributed by atoms with Gasteiger partial charge in [0.1, 0.15) is 5.82 Å². The monoisotopic (exact) mass is 505 g/mol. The average Bonchev–Trinajstić information content (AvgIpc) is 2.57. The van der Waals surface area contributed by atoms with Crippen molar-refractivity contribution in [2.45, 2.75) is 31.8 Å². The van der Waals surface area contributed by atoms with Gasteiger partial charge in [-0.3, -0.25) is 0 Å². The first kappa shape index (κ1) is 23.4. The van der Waals surface area contributed by atoms with E-state index in [1.165, 1.54) is 18.4 Å². The number of sulfone groups is 1. The molecule has 2 aromatic carbocycles. The van der Waals surface area contributed by atoms with Crippen molar-refractivity contribution < 1.29 is 12.8 Å². The predicted molar refractivity (Wildman–Crippen MR) is 118 cm³/mol. The van der Waals surface area contributed by atoms with Gasteiger partial charge >= 0.3 is 0 Å². The van der Waals surface area contributed by atoms with Gasteiger partial charge in [0.25, 0.3) is 0 Å². The Kier molecular flexibility index (Phi) is 9.17. The molecule has 8 heteroatoms. The molecule has 0 aliphatic carbocycles. The van der Waals surface area contributed by atoms with Crippen molar-refractivity contribution in [1.29, 1.82) is 0 Å². The van der Waals surface area contributed by atoms with E-state index in [2.05, 4.69) is 15.6 Å². The van der Waals surface area contributed by atoms with Gasteiger partial charge in [-0.15, -0.1) is 24.0 Å². The van der Waals surface area contributed by atoms with Gasteiger partial charge in [-0.05, 0) is 48.7 Å². The SMILES string of the molecule is CCNC(=NCc1ccc(S(C)(=O)=O)c(C)c1)NCc1ccc(F)cc1.I. The first-order chi connectivity index (χ1) is 12.3. The van der Waals surface area contributed by atoms with E-state index in [9.17, 15) is 12.8 Å². The largest absolute Gasteiger partial charge is 0.357 e. The van der Waals surface area contributed by atoms with Crippen LogP contribution in [-0.4, -0.2) is 27.2 Å². The van der Waals surface area contributed by atoms with Crippen molar-refractivity contribution in [2.75, 3.05) is 12.8 Å². The zero-order valence-electron chi connectivity index (χ0n) is 15.6. The molecule has 0 saturated heterocycles. The summed E-state index contributed by atoms with van der Waals surface area (Å²) in [5.74, 6) is 0.379. The third-order valence-corrected chi connectivity index (χ3v) is 5.03. The number of aryl methyl sites for hydroxylation is 1. The Balaban J connectivity index is 0.00000364. The number of guanidine groups is 1. The van der Waals surface area contributed by atoms with E-state index in [1.54, 1.807) is 31.2 Å². The Bertz CT molecular complexity index is 884. The summed E-state index contributed by atoms with van der Waals surface area (Å²) < 4.78 is 36.3. The lowest BCUT2D eigenvalue weighted by Crippen LogP contribution is -2.36. The summed E-state index contributed by atoms with van der Waals surface area (Å²) in [5.41, 5.74) is 2.59. The molecule has 0 spiro atoms. The van der Waals surface area contributed by atoms with Gasteiger partial charge in [0, 0.05) is 19.3 Å². The summed E-state index contributed by atoms with van der Waals surface area (Å²) in [6.07, 6.45) is 1.20. The van der Waals surface area contributed by atoms with E-state index in [0.29, 0.717) is 36.1 Å². The first-order valence-electron chi connectivity index (χ1n) is 8.36. The number of hydrogen-bond donors (Lipinski definition) is 2. The van der Waals surface area contributed by atoms with Gasteiger partial charge in [-0.1, -0.05) is 24.3 Å². The van der Waals surface area contributed by atoms with Crippen molar-refractivity contribution >= 4 is 39.8 Å². The molecule has 0 radical (unpaired) electrons. The van der Waals surface area contributed by atoms with Gasteiger partial charge in [-0.25, -0.2) is 17.8 Å². The molecular weight excluding hydrogens is 480 g/mol. The summed E-state index contributed by atoms with van der Waals surface area (Å²) in [5, 5.41) is 6.35. The smallest absolute Gasteiger partial charge is 0.191 e. The molecule has 0 atom stereocenters. The van der Waals surface area contributed by atoms with Crippen LogP contribution in [0.4, 0.5) is 4.39 Å². The fourth-order valence-corrected chi connectivity index (χ4v) is 3.49. The Labute approximate surface area is 177 Å².